The number of ketones is 1. The third-order valence-corrected chi connectivity index (χ3v) is 5.38. The molecule has 0 unspecified atom stereocenters. The largest absolute Gasteiger partial charge is 0.462 e. The molecule has 2 aromatic rings. The molecule has 0 saturated carbocycles. The van der Waals surface area contributed by atoms with Crippen LogP contribution in [0.2, 0.25) is 0 Å². The Hall–Kier alpha value is -3.07. The number of nitrogens with one attached hydrogen (secondary N) is 1. The summed E-state index contributed by atoms with van der Waals surface area (Å²) in [6.07, 6.45) is 1.63. The number of nitro groups is 1. The molecule has 1 aliphatic rings. The van der Waals surface area contributed by atoms with Gasteiger partial charge in [-0.25, -0.2) is 4.79 Å². The third kappa shape index (κ3) is 3.72. The third-order valence-electron chi connectivity index (χ3n) is 4.13. The van der Waals surface area contributed by atoms with Gasteiger partial charge in [-0.2, -0.15) is 0 Å². The van der Waals surface area contributed by atoms with Crippen molar-refractivity contribution in [2.24, 2.45) is 0 Å². The number of nitro benzene ring substituents is 1. The number of hydrogen-bond donors (Lipinski definition) is 1. The Labute approximate surface area is 158 Å². The van der Waals surface area contributed by atoms with E-state index >= 15 is 0 Å². The van der Waals surface area contributed by atoms with E-state index in [2.05, 4.69) is 5.32 Å². The molecule has 8 nitrogen and oxygen atoms in total. The number of amides is 1. The average Bonchev–Trinajstić information content (AvgIpc) is 3.02. The van der Waals surface area contributed by atoms with Crippen molar-refractivity contribution >= 4 is 40.4 Å². The van der Waals surface area contributed by atoms with Crippen LogP contribution in [0.15, 0.2) is 24.3 Å². The maximum Gasteiger partial charge on any atom is 0.350 e. The summed E-state index contributed by atoms with van der Waals surface area (Å²) in [7, 11) is 0. The summed E-state index contributed by atoms with van der Waals surface area (Å²) in [4.78, 5) is 47.9. The molecule has 0 aliphatic heterocycles. The summed E-state index contributed by atoms with van der Waals surface area (Å²) in [5.74, 6) is -1.17. The zero-order chi connectivity index (χ0) is 19.6. The second kappa shape index (κ2) is 7.67. The number of fused-ring (bicyclic) bond motifs is 1. The van der Waals surface area contributed by atoms with Gasteiger partial charge in [-0.3, -0.25) is 19.7 Å². The molecule has 1 heterocycles. The predicted molar refractivity (Wildman–Crippen MR) is 98.6 cm³/mol. The van der Waals surface area contributed by atoms with Crippen LogP contribution in [-0.2, 0) is 11.2 Å². The first-order valence-corrected chi connectivity index (χ1v) is 9.15. The number of anilines is 1. The van der Waals surface area contributed by atoms with Gasteiger partial charge in [-0.1, -0.05) is 0 Å². The van der Waals surface area contributed by atoms with Gasteiger partial charge >= 0.3 is 5.97 Å². The van der Waals surface area contributed by atoms with Crippen molar-refractivity contribution < 1.29 is 24.0 Å². The highest BCUT2D eigenvalue weighted by Gasteiger charge is 2.30. The fourth-order valence-electron chi connectivity index (χ4n) is 2.86. The Kier molecular flexibility index (Phi) is 5.31. The lowest BCUT2D eigenvalue weighted by molar-refractivity contribution is -0.384. The Morgan fingerprint density at radius 3 is 2.59 bits per heavy atom. The van der Waals surface area contributed by atoms with E-state index < -0.39 is 16.8 Å². The molecule has 9 heteroatoms. The fourth-order valence-corrected chi connectivity index (χ4v) is 4.03. The molecule has 3 rings (SSSR count). The molecule has 1 aromatic carbocycles. The maximum absolute atomic E-state index is 12.6. The van der Waals surface area contributed by atoms with Crippen LogP contribution in [0.25, 0.3) is 0 Å². The summed E-state index contributed by atoms with van der Waals surface area (Å²) < 4.78 is 5.04. The second-order valence-corrected chi connectivity index (χ2v) is 6.89. The summed E-state index contributed by atoms with van der Waals surface area (Å²) in [6.45, 7) is 1.84. The number of carbonyl (C=O) groups excluding carboxylic acids is 3. The molecule has 27 heavy (non-hydrogen) atoms. The zero-order valence-corrected chi connectivity index (χ0v) is 15.3. The van der Waals surface area contributed by atoms with Crippen LogP contribution in [-0.4, -0.2) is 29.2 Å². The predicted octanol–water partition coefficient (Wildman–Crippen LogP) is 3.60. The number of rotatable bonds is 5. The number of thiophene rings is 1. The van der Waals surface area contributed by atoms with Gasteiger partial charge in [-0.05, 0) is 37.5 Å². The SMILES string of the molecule is CCOC(=O)c1sc2c(c1NC(=O)c1ccc([N+](=O)[O-])cc1)CCCC2=O. The van der Waals surface area contributed by atoms with Gasteiger partial charge in [0.2, 0.25) is 0 Å². The van der Waals surface area contributed by atoms with Crippen LogP contribution in [0.3, 0.4) is 0 Å². The first kappa shape index (κ1) is 18.7. The molecule has 0 bridgehead atoms. The van der Waals surface area contributed by atoms with E-state index in [4.69, 9.17) is 4.74 Å². The molecule has 140 valence electrons. The maximum atomic E-state index is 12.6. The van der Waals surface area contributed by atoms with E-state index in [1.54, 1.807) is 6.92 Å². The second-order valence-electron chi connectivity index (χ2n) is 5.87. The topological polar surface area (TPSA) is 116 Å². The lowest BCUT2D eigenvalue weighted by Crippen LogP contribution is -2.17. The standard InChI is InChI=1S/C18H16N2O6S/c1-2-26-18(23)16-14(12-4-3-5-13(21)15(12)27-16)19-17(22)10-6-8-11(9-7-10)20(24)25/h6-9H,2-5H2,1H3,(H,19,22). The van der Waals surface area contributed by atoms with Gasteiger partial charge in [-0.15, -0.1) is 11.3 Å². The molecule has 0 saturated heterocycles. The molecule has 1 aromatic heterocycles. The number of hydrogen-bond acceptors (Lipinski definition) is 7. The van der Waals surface area contributed by atoms with Gasteiger partial charge in [0, 0.05) is 24.1 Å². The van der Waals surface area contributed by atoms with Gasteiger partial charge in [0.05, 0.1) is 22.1 Å². The number of ether oxygens (including phenoxy) is 1. The highest BCUT2D eigenvalue weighted by atomic mass is 32.1. The molecule has 1 N–H and O–H groups in total. The van der Waals surface area contributed by atoms with Crippen LogP contribution in [0.1, 0.15) is 55.0 Å². The lowest BCUT2D eigenvalue weighted by Gasteiger charge is -2.13. The first-order chi connectivity index (χ1) is 12.9. The van der Waals surface area contributed by atoms with E-state index in [1.165, 1.54) is 24.3 Å². The number of esters is 1. The number of Topliss-reactive ketones (excluding diaryl/α,β-unsaturated/α-hetero) is 1. The number of non-ortho nitro benzene ring substituents is 1. The normalized spacial score (nSPS) is 13.0. The zero-order valence-electron chi connectivity index (χ0n) is 14.4. The minimum atomic E-state index is -0.594. The molecule has 0 fully saturated rings. The minimum Gasteiger partial charge on any atom is -0.462 e. The quantitative estimate of drug-likeness (QED) is 0.475. The van der Waals surface area contributed by atoms with Crippen molar-refractivity contribution in [3.63, 3.8) is 0 Å². The van der Waals surface area contributed by atoms with E-state index in [-0.39, 0.29) is 28.5 Å². The van der Waals surface area contributed by atoms with E-state index in [0.717, 1.165) is 11.3 Å². The number of benzene rings is 1. The molecule has 1 amide bonds. The molecular formula is C18H16N2O6S. The number of carbonyl (C=O) groups is 3. The van der Waals surface area contributed by atoms with Crippen molar-refractivity contribution in [1.29, 1.82) is 0 Å². The van der Waals surface area contributed by atoms with Gasteiger partial charge in [0.15, 0.2) is 5.78 Å². The molecule has 1 aliphatic carbocycles. The van der Waals surface area contributed by atoms with Crippen molar-refractivity contribution in [3.05, 3.63) is 55.3 Å². The van der Waals surface area contributed by atoms with Crippen molar-refractivity contribution in [2.45, 2.75) is 26.2 Å². The Morgan fingerprint density at radius 2 is 1.96 bits per heavy atom. The van der Waals surface area contributed by atoms with E-state index in [9.17, 15) is 24.5 Å². The Balaban J connectivity index is 1.95. The summed E-state index contributed by atoms with van der Waals surface area (Å²) in [6, 6.07) is 5.13. The van der Waals surface area contributed by atoms with Crippen LogP contribution < -0.4 is 5.32 Å². The Bertz CT molecular complexity index is 932. The monoisotopic (exact) mass is 388 g/mol. The summed E-state index contributed by atoms with van der Waals surface area (Å²) in [5.41, 5.74) is 1.02. The molecular weight excluding hydrogens is 372 g/mol. The van der Waals surface area contributed by atoms with Crippen LogP contribution in [0, 0.1) is 10.1 Å². The van der Waals surface area contributed by atoms with Crippen molar-refractivity contribution in [1.82, 2.24) is 0 Å². The van der Waals surface area contributed by atoms with E-state index in [1.807, 2.05) is 0 Å². The summed E-state index contributed by atoms with van der Waals surface area (Å²) >= 11 is 1.03. The van der Waals surface area contributed by atoms with Crippen LogP contribution in [0.4, 0.5) is 11.4 Å². The van der Waals surface area contributed by atoms with E-state index in [0.29, 0.717) is 35.4 Å². The van der Waals surface area contributed by atoms with Gasteiger partial charge in [0.25, 0.3) is 11.6 Å². The van der Waals surface area contributed by atoms with Crippen molar-refractivity contribution in [2.75, 3.05) is 11.9 Å². The van der Waals surface area contributed by atoms with Crippen LogP contribution >= 0.6 is 11.3 Å². The average molecular weight is 388 g/mol. The lowest BCUT2D eigenvalue weighted by atomic mass is 9.96. The smallest absolute Gasteiger partial charge is 0.350 e. The van der Waals surface area contributed by atoms with Crippen molar-refractivity contribution in [3.8, 4) is 0 Å². The summed E-state index contributed by atoms with van der Waals surface area (Å²) in [5, 5.41) is 13.4. The highest BCUT2D eigenvalue weighted by molar-refractivity contribution is 7.16. The fraction of sp³-hybridized carbons (Fsp3) is 0.278. The molecule has 0 atom stereocenters. The van der Waals surface area contributed by atoms with Crippen LogP contribution in [0.5, 0.6) is 0 Å². The minimum absolute atomic E-state index is 0.0531. The Morgan fingerprint density at radius 1 is 1.26 bits per heavy atom. The van der Waals surface area contributed by atoms with Gasteiger partial charge in [0.1, 0.15) is 4.88 Å². The molecule has 0 radical (unpaired) electrons. The van der Waals surface area contributed by atoms with Gasteiger partial charge < -0.3 is 10.1 Å². The highest BCUT2D eigenvalue weighted by Crippen LogP contribution is 2.39. The molecule has 0 spiro atoms. The number of nitrogens with zero attached hydrogens (tertiary/aromatic N) is 1. The first-order valence-electron chi connectivity index (χ1n) is 8.34.